The molecule has 2 aromatic carbocycles. The minimum absolute atomic E-state index is 0.0204. The molecule has 0 aliphatic rings. The van der Waals surface area contributed by atoms with Crippen molar-refractivity contribution in [3.05, 3.63) is 63.6 Å². The number of hydrogen-bond donors (Lipinski definition) is 2. The fraction of sp³-hybridized carbons (Fsp3) is 0.278. The normalized spacial score (nSPS) is 12.6. The van der Waals surface area contributed by atoms with Crippen LogP contribution in [0, 0.1) is 0 Å². The topological polar surface area (TPSA) is 75.3 Å². The maximum atomic E-state index is 12.3. The van der Waals surface area contributed by atoms with Crippen LogP contribution in [0.1, 0.15) is 31.4 Å². The first-order valence-electron chi connectivity index (χ1n) is 8.12. The minimum atomic E-state index is -3.67. The van der Waals surface area contributed by atoms with E-state index >= 15 is 0 Å². The Morgan fingerprint density at radius 2 is 1.81 bits per heavy atom. The summed E-state index contributed by atoms with van der Waals surface area (Å²) in [5, 5.41) is 3.55. The highest BCUT2D eigenvalue weighted by molar-refractivity contribution is 9.10. The van der Waals surface area contributed by atoms with Crippen molar-refractivity contribution < 1.29 is 13.2 Å². The van der Waals surface area contributed by atoms with E-state index in [-0.39, 0.29) is 29.8 Å². The summed E-state index contributed by atoms with van der Waals surface area (Å²) in [6.45, 7) is 1.99. The highest BCUT2D eigenvalue weighted by Gasteiger charge is 2.18. The Labute approximate surface area is 167 Å². The van der Waals surface area contributed by atoms with Gasteiger partial charge in [-0.25, -0.2) is 13.1 Å². The van der Waals surface area contributed by atoms with Crippen molar-refractivity contribution in [2.75, 3.05) is 6.54 Å². The van der Waals surface area contributed by atoms with Gasteiger partial charge in [-0.2, -0.15) is 0 Å². The van der Waals surface area contributed by atoms with Crippen LogP contribution in [0.15, 0.2) is 57.9 Å². The molecule has 1 unspecified atom stereocenters. The molecular weight excluding hydrogens is 440 g/mol. The van der Waals surface area contributed by atoms with Crippen LogP contribution in [0.5, 0.6) is 0 Å². The van der Waals surface area contributed by atoms with Crippen molar-refractivity contribution >= 4 is 43.5 Å². The summed E-state index contributed by atoms with van der Waals surface area (Å²) in [7, 11) is -3.67. The van der Waals surface area contributed by atoms with E-state index in [1.54, 1.807) is 30.3 Å². The van der Waals surface area contributed by atoms with Crippen molar-refractivity contribution in [3.63, 3.8) is 0 Å². The molecule has 0 heterocycles. The van der Waals surface area contributed by atoms with E-state index in [1.165, 1.54) is 6.07 Å². The van der Waals surface area contributed by atoms with Crippen molar-refractivity contribution in [1.82, 2.24) is 10.0 Å². The molecule has 0 radical (unpaired) electrons. The molecular formula is C18H20BrClN2O3S. The van der Waals surface area contributed by atoms with Crippen LogP contribution in [0.4, 0.5) is 0 Å². The molecule has 0 saturated heterocycles. The fourth-order valence-electron chi connectivity index (χ4n) is 2.42. The Morgan fingerprint density at radius 3 is 2.42 bits per heavy atom. The lowest BCUT2D eigenvalue weighted by Gasteiger charge is -2.17. The van der Waals surface area contributed by atoms with Gasteiger partial charge < -0.3 is 5.32 Å². The monoisotopic (exact) mass is 458 g/mol. The van der Waals surface area contributed by atoms with Gasteiger partial charge in [0.1, 0.15) is 0 Å². The number of halogens is 2. The molecule has 0 aromatic heterocycles. The number of amides is 1. The standard InChI is InChI=1S/C18H20BrClN2O3S/c1-2-16(13-7-9-14(20)10-8-13)22-18(23)11-12-21-26(24,25)17-6-4-3-5-15(17)19/h3-10,16,21H,2,11-12H2,1H3,(H,22,23). The Morgan fingerprint density at radius 1 is 1.15 bits per heavy atom. The largest absolute Gasteiger partial charge is 0.349 e. The van der Waals surface area contributed by atoms with Crippen molar-refractivity contribution in [3.8, 4) is 0 Å². The maximum Gasteiger partial charge on any atom is 0.241 e. The summed E-state index contributed by atoms with van der Waals surface area (Å²) >= 11 is 9.10. The lowest BCUT2D eigenvalue weighted by molar-refractivity contribution is -0.121. The van der Waals surface area contributed by atoms with E-state index in [9.17, 15) is 13.2 Å². The third kappa shape index (κ3) is 5.81. The molecule has 1 atom stereocenters. The van der Waals surface area contributed by atoms with E-state index in [4.69, 9.17) is 11.6 Å². The van der Waals surface area contributed by atoms with Crippen LogP contribution in [0.2, 0.25) is 5.02 Å². The Hall–Kier alpha value is -1.41. The lowest BCUT2D eigenvalue weighted by Crippen LogP contribution is -2.32. The molecule has 0 spiro atoms. The zero-order valence-electron chi connectivity index (χ0n) is 14.2. The highest BCUT2D eigenvalue weighted by Crippen LogP contribution is 2.21. The van der Waals surface area contributed by atoms with Crippen LogP contribution in [-0.2, 0) is 14.8 Å². The van der Waals surface area contributed by atoms with E-state index < -0.39 is 10.0 Å². The number of rotatable bonds is 8. The smallest absolute Gasteiger partial charge is 0.241 e. The Kier molecular flexibility index (Phi) is 7.64. The van der Waals surface area contributed by atoms with E-state index in [1.807, 2.05) is 19.1 Å². The second kappa shape index (κ2) is 9.50. The Bertz CT molecular complexity index is 857. The predicted molar refractivity (Wildman–Crippen MR) is 107 cm³/mol. The lowest BCUT2D eigenvalue weighted by atomic mass is 10.0. The molecule has 0 aliphatic carbocycles. The van der Waals surface area contributed by atoms with Crippen LogP contribution < -0.4 is 10.0 Å². The number of carbonyl (C=O) groups excluding carboxylic acids is 1. The van der Waals surface area contributed by atoms with Gasteiger partial charge in [0.15, 0.2) is 0 Å². The van der Waals surface area contributed by atoms with Gasteiger partial charge in [-0.15, -0.1) is 0 Å². The van der Waals surface area contributed by atoms with Gasteiger partial charge in [0, 0.05) is 22.5 Å². The molecule has 2 N–H and O–H groups in total. The van der Waals surface area contributed by atoms with E-state index in [0.717, 1.165) is 12.0 Å². The number of sulfonamides is 1. The van der Waals surface area contributed by atoms with Crippen molar-refractivity contribution in [2.45, 2.75) is 30.7 Å². The second-order valence-electron chi connectivity index (χ2n) is 5.66. The summed E-state index contributed by atoms with van der Waals surface area (Å²) in [5.74, 6) is -0.221. The summed E-state index contributed by atoms with van der Waals surface area (Å²) in [6.07, 6.45) is 0.768. The quantitative estimate of drug-likeness (QED) is 0.625. The zero-order chi connectivity index (χ0) is 19.2. The van der Waals surface area contributed by atoms with Gasteiger partial charge in [-0.3, -0.25) is 4.79 Å². The van der Waals surface area contributed by atoms with Gasteiger partial charge in [0.2, 0.25) is 15.9 Å². The number of carbonyl (C=O) groups is 1. The van der Waals surface area contributed by atoms with E-state index in [2.05, 4.69) is 26.0 Å². The first kappa shape index (κ1) is 20.9. The second-order valence-corrected chi connectivity index (χ2v) is 8.68. The average Bonchev–Trinajstić information content (AvgIpc) is 2.60. The van der Waals surface area contributed by atoms with Crippen LogP contribution in [0.3, 0.4) is 0 Å². The SMILES string of the molecule is CCC(NC(=O)CCNS(=O)(=O)c1ccccc1Br)c1ccc(Cl)cc1. The molecule has 2 rings (SSSR count). The average molecular weight is 460 g/mol. The first-order chi connectivity index (χ1) is 12.3. The van der Waals surface area contributed by atoms with Gasteiger partial charge in [-0.1, -0.05) is 42.8 Å². The number of nitrogens with one attached hydrogen (secondary N) is 2. The van der Waals surface area contributed by atoms with Crippen molar-refractivity contribution in [1.29, 1.82) is 0 Å². The fourth-order valence-corrected chi connectivity index (χ4v) is 4.58. The Balaban J connectivity index is 1.90. The summed E-state index contributed by atoms with van der Waals surface area (Å²) in [4.78, 5) is 12.3. The predicted octanol–water partition coefficient (Wildman–Crippen LogP) is 4.04. The molecule has 1 amide bonds. The van der Waals surface area contributed by atoms with Crippen LogP contribution in [-0.4, -0.2) is 20.9 Å². The summed E-state index contributed by atoms with van der Waals surface area (Å²) in [6, 6.07) is 13.7. The van der Waals surface area contributed by atoms with Gasteiger partial charge in [0.05, 0.1) is 10.9 Å². The van der Waals surface area contributed by atoms with Gasteiger partial charge in [0.25, 0.3) is 0 Å². The molecule has 2 aromatic rings. The summed E-state index contributed by atoms with van der Waals surface area (Å²) < 4.78 is 27.5. The molecule has 5 nitrogen and oxygen atoms in total. The molecule has 26 heavy (non-hydrogen) atoms. The first-order valence-corrected chi connectivity index (χ1v) is 10.8. The third-order valence-electron chi connectivity index (χ3n) is 3.79. The number of benzene rings is 2. The minimum Gasteiger partial charge on any atom is -0.349 e. The van der Waals surface area contributed by atoms with Crippen LogP contribution in [0.25, 0.3) is 0 Å². The molecule has 0 bridgehead atoms. The molecule has 0 aliphatic heterocycles. The van der Waals surface area contributed by atoms with Crippen LogP contribution >= 0.6 is 27.5 Å². The van der Waals surface area contributed by atoms with Gasteiger partial charge in [-0.05, 0) is 52.2 Å². The third-order valence-corrected chi connectivity index (χ3v) is 6.51. The van der Waals surface area contributed by atoms with Crippen molar-refractivity contribution in [2.24, 2.45) is 0 Å². The zero-order valence-corrected chi connectivity index (χ0v) is 17.4. The summed E-state index contributed by atoms with van der Waals surface area (Å²) in [5.41, 5.74) is 0.957. The molecule has 140 valence electrons. The van der Waals surface area contributed by atoms with Gasteiger partial charge >= 0.3 is 0 Å². The maximum absolute atomic E-state index is 12.3. The number of hydrogen-bond acceptors (Lipinski definition) is 3. The molecule has 8 heteroatoms. The highest BCUT2D eigenvalue weighted by atomic mass is 79.9. The molecule has 0 saturated carbocycles. The van der Waals surface area contributed by atoms with E-state index in [0.29, 0.717) is 9.50 Å². The molecule has 0 fully saturated rings.